The minimum Gasteiger partial charge on any atom is -0.508 e. The Bertz CT molecular complexity index is 2440. The van der Waals surface area contributed by atoms with Crippen molar-refractivity contribution in [2.24, 2.45) is 4.99 Å². The van der Waals surface area contributed by atoms with Gasteiger partial charge in [-0.15, -0.1) is 21.5 Å². The molecule has 0 amide bonds. The Morgan fingerprint density at radius 3 is 2.32 bits per heavy atom. The summed E-state index contributed by atoms with van der Waals surface area (Å²) >= 11 is 1.81. The number of benzene rings is 4. The second kappa shape index (κ2) is 14.6. The SMILES string of the molecule is Cc1sc2c(c1C)C(c1ccc(N3CCC(N4CC(Oc5ccc([C@H]6c7ccc(O)cc7CC[C@H]6c6ccccc6)cc5)C4)CC3)cc1)=N[C@@H](C)c1nnc(C)n1-2. The number of likely N-dealkylation sites (tertiary alicyclic amines) is 1. The summed E-state index contributed by atoms with van der Waals surface area (Å²) in [7, 11) is 0. The van der Waals surface area contributed by atoms with Crippen molar-refractivity contribution in [3.8, 4) is 16.5 Å². The molecule has 4 aromatic carbocycles. The maximum Gasteiger partial charge on any atom is 0.162 e. The molecule has 8 nitrogen and oxygen atoms in total. The molecule has 57 heavy (non-hydrogen) atoms. The van der Waals surface area contributed by atoms with Crippen LogP contribution in [-0.4, -0.2) is 68.8 Å². The van der Waals surface area contributed by atoms with Crippen molar-refractivity contribution < 1.29 is 9.84 Å². The van der Waals surface area contributed by atoms with Crippen molar-refractivity contribution in [1.82, 2.24) is 19.7 Å². The zero-order chi connectivity index (χ0) is 38.8. The molecule has 2 aromatic heterocycles. The van der Waals surface area contributed by atoms with Crippen LogP contribution in [0.1, 0.15) is 99.5 Å². The number of ether oxygens (including phenoxy) is 1. The van der Waals surface area contributed by atoms with Gasteiger partial charge in [-0.2, -0.15) is 0 Å². The van der Waals surface area contributed by atoms with Crippen molar-refractivity contribution in [3.05, 3.63) is 153 Å². The highest BCUT2D eigenvalue weighted by Crippen LogP contribution is 2.47. The molecule has 290 valence electrons. The molecule has 4 aliphatic rings. The molecule has 0 radical (unpaired) electrons. The molecule has 3 aliphatic heterocycles. The lowest BCUT2D eigenvalue weighted by Crippen LogP contribution is -2.59. The van der Waals surface area contributed by atoms with Gasteiger partial charge in [0, 0.05) is 59.8 Å². The average Bonchev–Trinajstić information content (AvgIpc) is 3.71. The van der Waals surface area contributed by atoms with Gasteiger partial charge in [0.1, 0.15) is 34.5 Å². The van der Waals surface area contributed by atoms with Gasteiger partial charge in [-0.1, -0.05) is 60.7 Å². The van der Waals surface area contributed by atoms with E-state index >= 15 is 0 Å². The number of aromatic nitrogens is 3. The van der Waals surface area contributed by atoms with E-state index in [9.17, 15) is 5.11 Å². The number of aromatic hydroxyl groups is 1. The smallest absolute Gasteiger partial charge is 0.162 e. The Labute approximate surface area is 339 Å². The third kappa shape index (κ3) is 6.54. The maximum absolute atomic E-state index is 10.2. The zero-order valence-electron chi connectivity index (χ0n) is 33.2. The summed E-state index contributed by atoms with van der Waals surface area (Å²) in [4.78, 5) is 11.7. The van der Waals surface area contributed by atoms with Crippen LogP contribution in [-0.2, 0) is 6.42 Å². The van der Waals surface area contributed by atoms with E-state index in [1.807, 2.05) is 19.1 Å². The number of nitrogens with zero attached hydrogens (tertiary/aromatic N) is 6. The minimum absolute atomic E-state index is 0.0814. The fourth-order valence-corrected chi connectivity index (χ4v) is 11.1. The normalized spacial score (nSPS) is 21.2. The maximum atomic E-state index is 10.2. The summed E-state index contributed by atoms with van der Waals surface area (Å²) < 4.78 is 8.73. The van der Waals surface area contributed by atoms with Gasteiger partial charge in [0.15, 0.2) is 5.82 Å². The van der Waals surface area contributed by atoms with Crippen LogP contribution < -0.4 is 9.64 Å². The van der Waals surface area contributed by atoms with Crippen LogP contribution in [0.3, 0.4) is 0 Å². The molecule has 0 bridgehead atoms. The molecule has 5 heterocycles. The minimum atomic E-state index is -0.0814. The standard InChI is InChI=1S/C48H50N6O2S/c1-29-31(3)57-48-44(29)46(49-30(2)47-51-50-32(4)54(47)48)35-10-15-37(16-11-35)52-24-22-38(23-25-52)53-27-41(28-53)56-40-18-12-34(13-19-40)45-42(33-8-6-5-7-9-33)20-14-36-26-39(55)17-21-43(36)45/h5-13,15-19,21,26,30,38,41-42,45,55H,14,20,22-25,27-28H2,1-4H3/t30-,42-,45+/m0/s1. The average molecular weight is 775 g/mol. The Hall–Kier alpha value is -5.25. The highest BCUT2D eigenvalue weighted by atomic mass is 32.1. The number of phenolic OH excluding ortho intramolecular Hbond substituents is 1. The van der Waals surface area contributed by atoms with Gasteiger partial charge in [0.25, 0.3) is 0 Å². The van der Waals surface area contributed by atoms with Crippen molar-refractivity contribution in [2.45, 2.75) is 83.4 Å². The fraction of sp³-hybridized carbons (Fsp3) is 0.354. The van der Waals surface area contributed by atoms with Crippen LogP contribution in [0.4, 0.5) is 5.69 Å². The summed E-state index contributed by atoms with van der Waals surface area (Å²) in [6.07, 6.45) is 4.58. The van der Waals surface area contributed by atoms with Gasteiger partial charge in [0.05, 0.1) is 5.71 Å². The van der Waals surface area contributed by atoms with Crippen molar-refractivity contribution in [2.75, 3.05) is 31.1 Å². The number of fused-ring (bicyclic) bond motifs is 4. The molecular weight excluding hydrogens is 725 g/mol. The number of thiophene rings is 1. The number of rotatable bonds is 7. The third-order valence-corrected chi connectivity index (χ3v) is 14.3. The summed E-state index contributed by atoms with van der Waals surface area (Å²) in [6.45, 7) is 12.6. The van der Waals surface area contributed by atoms with Gasteiger partial charge < -0.3 is 14.7 Å². The van der Waals surface area contributed by atoms with Crippen LogP contribution in [0, 0.1) is 20.8 Å². The van der Waals surface area contributed by atoms with E-state index in [1.165, 1.54) is 48.9 Å². The molecule has 0 saturated carbocycles. The zero-order valence-corrected chi connectivity index (χ0v) is 34.0. The Morgan fingerprint density at radius 2 is 1.56 bits per heavy atom. The summed E-state index contributed by atoms with van der Waals surface area (Å²) in [5.41, 5.74) is 11.2. The number of piperidine rings is 1. The molecular formula is C48H50N6O2S. The van der Waals surface area contributed by atoms with E-state index in [-0.39, 0.29) is 18.1 Å². The topological polar surface area (TPSA) is 79.0 Å². The van der Waals surface area contributed by atoms with E-state index in [1.54, 1.807) is 11.3 Å². The van der Waals surface area contributed by atoms with Gasteiger partial charge in [-0.3, -0.25) is 14.5 Å². The first-order valence-corrected chi connectivity index (χ1v) is 21.4. The van der Waals surface area contributed by atoms with Crippen LogP contribution in [0.15, 0.2) is 102 Å². The second-order valence-corrected chi connectivity index (χ2v) is 17.7. The number of hydrogen-bond acceptors (Lipinski definition) is 8. The first-order valence-electron chi connectivity index (χ1n) is 20.6. The molecule has 0 unspecified atom stereocenters. The first-order chi connectivity index (χ1) is 27.8. The molecule has 6 aromatic rings. The summed E-state index contributed by atoms with van der Waals surface area (Å²) in [5.74, 6) is 3.74. The van der Waals surface area contributed by atoms with E-state index in [0.717, 1.165) is 80.5 Å². The predicted molar refractivity (Wildman–Crippen MR) is 229 cm³/mol. The molecule has 3 atom stereocenters. The third-order valence-electron chi connectivity index (χ3n) is 13.1. The van der Waals surface area contributed by atoms with Crippen LogP contribution in [0.25, 0.3) is 5.00 Å². The largest absolute Gasteiger partial charge is 0.508 e. The quantitative estimate of drug-likeness (QED) is 0.174. The number of anilines is 1. The number of aliphatic imine (C=N–C) groups is 1. The number of phenols is 1. The molecule has 2 fully saturated rings. The molecule has 10 rings (SSSR count). The van der Waals surface area contributed by atoms with Crippen molar-refractivity contribution in [1.29, 1.82) is 0 Å². The van der Waals surface area contributed by atoms with E-state index in [4.69, 9.17) is 9.73 Å². The Morgan fingerprint density at radius 1 is 0.807 bits per heavy atom. The highest BCUT2D eigenvalue weighted by molar-refractivity contribution is 7.15. The van der Waals surface area contributed by atoms with E-state index in [2.05, 4.69) is 130 Å². The molecule has 2 saturated heterocycles. The number of hydrogen-bond donors (Lipinski definition) is 1. The second-order valence-electron chi connectivity index (χ2n) is 16.5. The summed E-state index contributed by atoms with van der Waals surface area (Å²) in [5, 5.41) is 20.3. The van der Waals surface area contributed by atoms with Gasteiger partial charge in [-0.05, 0) is 124 Å². The highest BCUT2D eigenvalue weighted by Gasteiger charge is 2.37. The van der Waals surface area contributed by atoms with Crippen molar-refractivity contribution >= 4 is 22.7 Å². The van der Waals surface area contributed by atoms with Crippen LogP contribution >= 0.6 is 11.3 Å². The lowest BCUT2D eigenvalue weighted by atomic mass is 9.69. The molecule has 1 N–H and O–H groups in total. The molecule has 1 aliphatic carbocycles. The van der Waals surface area contributed by atoms with Gasteiger partial charge >= 0.3 is 0 Å². The van der Waals surface area contributed by atoms with Crippen LogP contribution in [0.5, 0.6) is 11.5 Å². The number of aryl methyl sites for hydroxylation is 3. The molecule has 9 heteroatoms. The van der Waals surface area contributed by atoms with E-state index in [0.29, 0.717) is 17.7 Å². The van der Waals surface area contributed by atoms with Gasteiger partial charge in [-0.25, -0.2) is 0 Å². The summed E-state index contributed by atoms with van der Waals surface area (Å²) in [6, 6.07) is 35.3. The van der Waals surface area contributed by atoms with E-state index < -0.39 is 0 Å². The fourth-order valence-electron chi connectivity index (χ4n) is 9.87. The Kier molecular flexibility index (Phi) is 9.25. The van der Waals surface area contributed by atoms with Gasteiger partial charge in [0.2, 0.25) is 0 Å². The predicted octanol–water partition coefficient (Wildman–Crippen LogP) is 9.47. The first kappa shape index (κ1) is 36.1. The van der Waals surface area contributed by atoms with Crippen molar-refractivity contribution in [3.63, 3.8) is 0 Å². The van der Waals surface area contributed by atoms with Crippen LogP contribution in [0.2, 0.25) is 0 Å². The molecule has 0 spiro atoms. The monoisotopic (exact) mass is 774 g/mol. The lowest BCUT2D eigenvalue weighted by Gasteiger charge is -2.47. The lowest BCUT2D eigenvalue weighted by molar-refractivity contribution is -0.0153. The Balaban J connectivity index is 0.757.